The summed E-state index contributed by atoms with van der Waals surface area (Å²) in [7, 11) is 0. The van der Waals surface area contributed by atoms with Gasteiger partial charge in [-0.3, -0.25) is 9.59 Å². The van der Waals surface area contributed by atoms with Crippen LogP contribution in [0.4, 0.5) is 0 Å². The minimum absolute atomic E-state index is 0.126. The number of carbonyl (C=O) groups excluding carboxylic acids is 2. The van der Waals surface area contributed by atoms with Gasteiger partial charge in [0, 0.05) is 12.8 Å². The maximum absolute atomic E-state index is 11.2. The van der Waals surface area contributed by atoms with E-state index in [1.807, 2.05) is 0 Å². The molecule has 1 saturated carbocycles. The summed E-state index contributed by atoms with van der Waals surface area (Å²) in [5.41, 5.74) is 0. The van der Waals surface area contributed by atoms with E-state index in [9.17, 15) is 9.59 Å². The summed E-state index contributed by atoms with van der Waals surface area (Å²) in [5, 5.41) is 0. The number of cyclic esters (lactones) is 1. The summed E-state index contributed by atoms with van der Waals surface area (Å²) in [6.45, 7) is 0.507. The molecule has 0 aromatic rings. The second-order valence-electron chi connectivity index (χ2n) is 3.70. The molecule has 12 heavy (non-hydrogen) atoms. The zero-order valence-corrected chi connectivity index (χ0v) is 6.91. The highest BCUT2D eigenvalue weighted by Crippen LogP contribution is 2.32. The van der Waals surface area contributed by atoms with Crippen LogP contribution >= 0.6 is 0 Å². The molecule has 3 heteroatoms. The van der Waals surface area contributed by atoms with Crippen LogP contribution in [0.2, 0.25) is 0 Å². The van der Waals surface area contributed by atoms with Gasteiger partial charge in [0.2, 0.25) is 0 Å². The molecule has 2 atom stereocenters. The molecule has 2 bridgehead atoms. The molecule has 0 spiro atoms. The van der Waals surface area contributed by atoms with Crippen molar-refractivity contribution in [1.82, 2.24) is 0 Å². The molecule has 0 aromatic heterocycles. The number of esters is 1. The van der Waals surface area contributed by atoms with Gasteiger partial charge >= 0.3 is 5.97 Å². The van der Waals surface area contributed by atoms with Gasteiger partial charge in [0.25, 0.3) is 0 Å². The molecular weight excluding hydrogens is 156 g/mol. The van der Waals surface area contributed by atoms with Crippen molar-refractivity contribution in [2.45, 2.75) is 25.7 Å². The number of hydrogen-bond donors (Lipinski definition) is 0. The normalized spacial score (nSPS) is 35.7. The average molecular weight is 168 g/mol. The van der Waals surface area contributed by atoms with E-state index >= 15 is 0 Å². The van der Waals surface area contributed by atoms with Crippen LogP contribution in [0.3, 0.4) is 0 Å². The Bertz CT molecular complexity index is 222. The zero-order chi connectivity index (χ0) is 8.55. The Hall–Kier alpha value is -0.860. The summed E-state index contributed by atoms with van der Waals surface area (Å²) >= 11 is 0. The SMILES string of the molecule is O=C1C[C@@H]2CCOC(=O)[C@H](C1)C2. The summed E-state index contributed by atoms with van der Waals surface area (Å²) in [4.78, 5) is 22.4. The summed E-state index contributed by atoms with van der Waals surface area (Å²) in [5.74, 6) is 0.349. The summed E-state index contributed by atoms with van der Waals surface area (Å²) < 4.78 is 4.97. The Balaban J connectivity index is 2.15. The van der Waals surface area contributed by atoms with Crippen LogP contribution in [-0.4, -0.2) is 18.4 Å². The second kappa shape index (κ2) is 2.88. The van der Waals surface area contributed by atoms with Gasteiger partial charge in [0.15, 0.2) is 0 Å². The number of hydrogen-bond acceptors (Lipinski definition) is 3. The van der Waals surface area contributed by atoms with E-state index in [1.165, 1.54) is 0 Å². The molecule has 0 N–H and O–H groups in total. The first kappa shape index (κ1) is 7.77. The third kappa shape index (κ3) is 1.36. The quantitative estimate of drug-likeness (QED) is 0.505. The zero-order valence-electron chi connectivity index (χ0n) is 6.91. The van der Waals surface area contributed by atoms with Crippen LogP contribution in [-0.2, 0) is 14.3 Å². The van der Waals surface area contributed by atoms with Crippen molar-refractivity contribution in [3.8, 4) is 0 Å². The molecule has 1 heterocycles. The van der Waals surface area contributed by atoms with E-state index in [0.717, 1.165) is 12.8 Å². The molecule has 2 aliphatic rings. The van der Waals surface area contributed by atoms with E-state index in [-0.39, 0.29) is 17.7 Å². The lowest BCUT2D eigenvalue weighted by molar-refractivity contribution is -0.149. The van der Waals surface area contributed by atoms with Gasteiger partial charge in [-0.2, -0.15) is 0 Å². The van der Waals surface area contributed by atoms with Gasteiger partial charge in [-0.25, -0.2) is 0 Å². The predicted octanol–water partition coefficient (Wildman–Crippen LogP) is 0.919. The average Bonchev–Trinajstić information content (AvgIpc) is 2.13. The van der Waals surface area contributed by atoms with E-state index in [1.54, 1.807) is 0 Å². The lowest BCUT2D eigenvalue weighted by Crippen LogP contribution is -2.26. The number of ether oxygens (including phenoxy) is 1. The summed E-state index contributed by atoms with van der Waals surface area (Å²) in [6.07, 6.45) is 2.81. The van der Waals surface area contributed by atoms with Gasteiger partial charge in [-0.1, -0.05) is 0 Å². The van der Waals surface area contributed by atoms with Crippen molar-refractivity contribution < 1.29 is 14.3 Å². The van der Waals surface area contributed by atoms with Crippen molar-refractivity contribution in [2.75, 3.05) is 6.61 Å². The maximum Gasteiger partial charge on any atom is 0.309 e. The third-order valence-electron chi connectivity index (χ3n) is 2.71. The molecule has 2 fully saturated rings. The van der Waals surface area contributed by atoms with Crippen LogP contribution in [0.1, 0.15) is 25.7 Å². The smallest absolute Gasteiger partial charge is 0.309 e. The first-order valence-electron chi connectivity index (χ1n) is 4.44. The maximum atomic E-state index is 11.2. The van der Waals surface area contributed by atoms with E-state index in [4.69, 9.17) is 4.74 Å². The second-order valence-corrected chi connectivity index (χ2v) is 3.70. The minimum Gasteiger partial charge on any atom is -0.465 e. The fourth-order valence-electron chi connectivity index (χ4n) is 2.09. The van der Waals surface area contributed by atoms with Crippen LogP contribution in [0, 0.1) is 11.8 Å². The first-order chi connectivity index (χ1) is 5.75. The number of ketones is 1. The number of Topliss-reactive ketones (excluding diaryl/α,β-unsaturated/α-hetero) is 1. The highest BCUT2D eigenvalue weighted by molar-refractivity contribution is 5.86. The molecule has 0 aromatic carbocycles. The topological polar surface area (TPSA) is 43.4 Å². The number of rotatable bonds is 0. The monoisotopic (exact) mass is 168 g/mol. The highest BCUT2D eigenvalue weighted by Gasteiger charge is 2.34. The largest absolute Gasteiger partial charge is 0.465 e. The van der Waals surface area contributed by atoms with Crippen LogP contribution in [0.25, 0.3) is 0 Å². The molecule has 1 saturated heterocycles. The Morgan fingerprint density at radius 3 is 2.92 bits per heavy atom. The van der Waals surface area contributed by atoms with Gasteiger partial charge in [0.1, 0.15) is 5.78 Å². The number of carbonyl (C=O) groups is 2. The van der Waals surface area contributed by atoms with Crippen molar-refractivity contribution >= 4 is 11.8 Å². The molecule has 2 rings (SSSR count). The third-order valence-corrected chi connectivity index (χ3v) is 2.71. The van der Waals surface area contributed by atoms with E-state index in [0.29, 0.717) is 25.4 Å². The van der Waals surface area contributed by atoms with Crippen molar-refractivity contribution in [3.05, 3.63) is 0 Å². The fourth-order valence-corrected chi connectivity index (χ4v) is 2.09. The Morgan fingerprint density at radius 2 is 2.08 bits per heavy atom. The Morgan fingerprint density at radius 1 is 1.25 bits per heavy atom. The van der Waals surface area contributed by atoms with Gasteiger partial charge in [-0.05, 0) is 18.8 Å². The Kier molecular flexibility index (Phi) is 1.87. The lowest BCUT2D eigenvalue weighted by atomic mass is 9.80. The fraction of sp³-hybridized carbons (Fsp3) is 0.778. The van der Waals surface area contributed by atoms with Crippen molar-refractivity contribution in [3.63, 3.8) is 0 Å². The minimum atomic E-state index is -0.162. The summed E-state index contributed by atoms with van der Waals surface area (Å²) in [6, 6.07) is 0. The van der Waals surface area contributed by atoms with E-state index < -0.39 is 0 Å². The Labute approximate surface area is 71.1 Å². The molecule has 1 aliphatic carbocycles. The molecule has 66 valence electrons. The predicted molar refractivity (Wildman–Crippen MR) is 41.4 cm³/mol. The molecule has 0 amide bonds. The molecule has 0 unspecified atom stereocenters. The van der Waals surface area contributed by atoms with Crippen molar-refractivity contribution in [2.24, 2.45) is 11.8 Å². The van der Waals surface area contributed by atoms with Crippen LogP contribution < -0.4 is 0 Å². The molecule has 3 nitrogen and oxygen atoms in total. The molecule has 0 radical (unpaired) electrons. The van der Waals surface area contributed by atoms with Crippen LogP contribution in [0.15, 0.2) is 0 Å². The molecular formula is C9H12O3. The molecule has 1 aliphatic heterocycles. The van der Waals surface area contributed by atoms with E-state index in [2.05, 4.69) is 0 Å². The van der Waals surface area contributed by atoms with Gasteiger partial charge in [0.05, 0.1) is 12.5 Å². The van der Waals surface area contributed by atoms with Crippen molar-refractivity contribution in [1.29, 1.82) is 0 Å². The lowest BCUT2D eigenvalue weighted by Gasteiger charge is -2.21. The highest BCUT2D eigenvalue weighted by atomic mass is 16.5. The standard InChI is InChI=1S/C9H12O3/c10-8-4-6-1-2-12-9(11)7(3-6)5-8/h6-7H,1-5H2/t6-,7+/m1/s1. The van der Waals surface area contributed by atoms with Crippen LogP contribution in [0.5, 0.6) is 0 Å². The van der Waals surface area contributed by atoms with Gasteiger partial charge in [-0.15, -0.1) is 0 Å². The van der Waals surface area contributed by atoms with Gasteiger partial charge < -0.3 is 4.74 Å². The number of fused-ring (bicyclic) bond motifs is 2. The first-order valence-corrected chi connectivity index (χ1v) is 4.44.